The molecule has 46 heavy (non-hydrogen) atoms. The average Bonchev–Trinajstić information content (AvgIpc) is 3.92. The Morgan fingerprint density at radius 2 is 0.826 bits per heavy atom. The molecule has 0 fully saturated rings. The quantitative estimate of drug-likeness (QED) is 0.0885. The Labute approximate surface area is 293 Å². The van der Waals surface area contributed by atoms with Crippen LogP contribution in [0.4, 0.5) is 0 Å². The highest BCUT2D eigenvalue weighted by molar-refractivity contribution is 7.30. The molecule has 0 atom stereocenters. The van der Waals surface area contributed by atoms with Crippen LogP contribution >= 0.6 is 56.7 Å². The van der Waals surface area contributed by atoms with Gasteiger partial charge in [0.2, 0.25) is 0 Å². The summed E-state index contributed by atoms with van der Waals surface area (Å²) < 4.78 is 0. The molecule has 0 radical (unpaired) electrons. The van der Waals surface area contributed by atoms with Crippen molar-refractivity contribution in [2.75, 3.05) is 0 Å². The highest BCUT2D eigenvalue weighted by Gasteiger charge is 2.13. The molecule has 0 amide bonds. The number of thiophene rings is 5. The van der Waals surface area contributed by atoms with E-state index in [0.29, 0.717) is 0 Å². The molecule has 5 aromatic heterocycles. The number of hydrogen-bond acceptors (Lipinski definition) is 5. The molecule has 0 spiro atoms. The maximum atomic E-state index is 2.33. The van der Waals surface area contributed by atoms with Gasteiger partial charge in [-0.2, -0.15) is 0 Å². The zero-order chi connectivity index (χ0) is 31.3. The molecule has 0 bridgehead atoms. The molecule has 7 aromatic rings. The van der Waals surface area contributed by atoms with Gasteiger partial charge in [-0.3, -0.25) is 0 Å². The highest BCUT2D eigenvalue weighted by atomic mass is 32.1. The van der Waals surface area contributed by atoms with Gasteiger partial charge in [-0.1, -0.05) is 92.4 Å². The fourth-order valence-electron chi connectivity index (χ4n) is 5.43. The Bertz CT molecular complexity index is 2040. The minimum absolute atomic E-state index is 1.21. The van der Waals surface area contributed by atoms with Crippen molar-refractivity contribution in [2.24, 2.45) is 0 Å². The van der Waals surface area contributed by atoms with Crippen LogP contribution in [-0.2, 0) is 6.42 Å². The van der Waals surface area contributed by atoms with Crippen molar-refractivity contribution >= 4 is 68.8 Å². The van der Waals surface area contributed by atoms with Gasteiger partial charge in [-0.15, -0.1) is 56.7 Å². The lowest BCUT2D eigenvalue weighted by Gasteiger charge is -1.99. The molecule has 0 aliphatic heterocycles. The summed E-state index contributed by atoms with van der Waals surface area (Å²) in [6.45, 7) is 4.40. The predicted octanol–water partition coefficient (Wildman–Crippen LogP) is 14.9. The van der Waals surface area contributed by atoms with E-state index in [0.717, 1.165) is 0 Å². The molecule has 0 N–H and O–H groups in total. The van der Waals surface area contributed by atoms with Crippen LogP contribution in [0.15, 0.2) is 109 Å². The van der Waals surface area contributed by atoms with E-state index in [2.05, 4.69) is 135 Å². The van der Waals surface area contributed by atoms with Gasteiger partial charge in [0.15, 0.2) is 0 Å². The first-order valence-corrected chi connectivity index (χ1v) is 20.0. The second-order valence-electron chi connectivity index (χ2n) is 11.6. The standard InChI is InChI=1S/C41H36S5/c1-3-4-5-6-7-32-18-19-34(42-32)35-22-23-38(44-35)39-26-27-41(46-39)40-25-24-37(45-40)36-21-20-33(43-36)31-16-14-30(15-17-31)13-12-29-10-8-28(2)9-11-29/h8-27H,3-7H2,1-2H3. The largest absolute Gasteiger partial charge is 0.139 e. The maximum Gasteiger partial charge on any atom is 0.0449 e. The van der Waals surface area contributed by atoms with Crippen LogP contribution in [0.1, 0.15) is 54.2 Å². The fraction of sp³-hybridized carbons (Fsp3) is 0.171. The normalized spacial score (nSPS) is 11.6. The second kappa shape index (κ2) is 14.6. The van der Waals surface area contributed by atoms with Crippen molar-refractivity contribution in [3.8, 4) is 49.5 Å². The van der Waals surface area contributed by atoms with E-state index in [9.17, 15) is 0 Å². The van der Waals surface area contributed by atoms with Gasteiger partial charge in [-0.05, 0) is 97.1 Å². The van der Waals surface area contributed by atoms with Crippen LogP contribution in [0.25, 0.3) is 61.6 Å². The van der Waals surface area contributed by atoms with Crippen molar-refractivity contribution in [1.82, 2.24) is 0 Å². The third-order valence-electron chi connectivity index (χ3n) is 8.07. The molecule has 0 nitrogen and oxygen atoms in total. The lowest BCUT2D eigenvalue weighted by atomic mass is 10.1. The lowest BCUT2D eigenvalue weighted by molar-refractivity contribution is 0.670. The number of unbranched alkanes of at least 4 members (excludes halogenated alkanes) is 3. The molecule has 5 heteroatoms. The molecule has 2 aromatic carbocycles. The zero-order valence-corrected chi connectivity index (χ0v) is 30.2. The minimum Gasteiger partial charge on any atom is -0.139 e. The van der Waals surface area contributed by atoms with E-state index in [1.807, 2.05) is 56.7 Å². The molecular weight excluding hydrogens is 653 g/mol. The van der Waals surface area contributed by atoms with E-state index in [1.54, 1.807) is 0 Å². The smallest absolute Gasteiger partial charge is 0.0449 e. The van der Waals surface area contributed by atoms with Crippen LogP contribution in [0.5, 0.6) is 0 Å². The average molecular weight is 689 g/mol. The first-order chi connectivity index (χ1) is 22.6. The molecule has 0 unspecified atom stereocenters. The maximum absolute atomic E-state index is 2.33. The summed E-state index contributed by atoms with van der Waals surface area (Å²) >= 11 is 9.57. The van der Waals surface area contributed by atoms with Gasteiger partial charge >= 0.3 is 0 Å². The summed E-state index contributed by atoms with van der Waals surface area (Å²) in [5.74, 6) is 0. The molecule has 0 aliphatic rings. The van der Waals surface area contributed by atoms with Crippen LogP contribution in [0.2, 0.25) is 0 Å². The van der Waals surface area contributed by atoms with Gasteiger partial charge in [0.25, 0.3) is 0 Å². The van der Waals surface area contributed by atoms with Gasteiger partial charge < -0.3 is 0 Å². The van der Waals surface area contributed by atoms with Crippen LogP contribution in [-0.4, -0.2) is 0 Å². The predicted molar refractivity (Wildman–Crippen MR) is 211 cm³/mol. The van der Waals surface area contributed by atoms with Gasteiger partial charge in [-0.25, -0.2) is 0 Å². The molecule has 5 heterocycles. The van der Waals surface area contributed by atoms with Gasteiger partial charge in [0.1, 0.15) is 0 Å². The summed E-state index contributed by atoms with van der Waals surface area (Å²) in [7, 11) is 0. The Kier molecular flexibility index (Phi) is 9.95. The summed E-state index contributed by atoms with van der Waals surface area (Å²) in [6, 6.07) is 40.5. The Balaban J connectivity index is 0.996. The molecule has 0 aliphatic carbocycles. The molecule has 7 rings (SSSR count). The second-order valence-corrected chi connectivity index (χ2v) is 17.1. The first-order valence-electron chi connectivity index (χ1n) is 16.0. The Morgan fingerprint density at radius 3 is 1.33 bits per heavy atom. The topological polar surface area (TPSA) is 0 Å². The van der Waals surface area contributed by atoms with Gasteiger partial charge in [0.05, 0.1) is 0 Å². The van der Waals surface area contributed by atoms with Crippen LogP contribution in [0.3, 0.4) is 0 Å². The van der Waals surface area contributed by atoms with Crippen molar-refractivity contribution in [2.45, 2.75) is 46.0 Å². The van der Waals surface area contributed by atoms with Crippen molar-refractivity contribution in [3.05, 3.63) is 131 Å². The number of benzene rings is 2. The van der Waals surface area contributed by atoms with Crippen molar-refractivity contribution < 1.29 is 0 Å². The van der Waals surface area contributed by atoms with Crippen LogP contribution in [0, 0.1) is 6.92 Å². The van der Waals surface area contributed by atoms with E-state index >= 15 is 0 Å². The van der Waals surface area contributed by atoms with E-state index in [4.69, 9.17) is 0 Å². The van der Waals surface area contributed by atoms with Gasteiger partial charge in [0, 0.05) is 48.8 Å². The van der Waals surface area contributed by atoms with Crippen molar-refractivity contribution in [1.29, 1.82) is 0 Å². The van der Waals surface area contributed by atoms with E-state index in [1.165, 1.54) is 103 Å². The number of aryl methyl sites for hydroxylation is 2. The summed E-state index contributed by atoms with van der Waals surface area (Å²) in [4.78, 5) is 13.7. The SMILES string of the molecule is CCCCCCc1ccc(-c2ccc(-c3ccc(-c4ccc(-c5ccc(-c6ccc(C=Cc7ccc(C)cc7)cc6)s5)s4)s3)s2)s1. The summed E-state index contributed by atoms with van der Waals surface area (Å²) in [5, 5.41) is 0. The minimum atomic E-state index is 1.21. The molecular formula is C41H36S5. The summed E-state index contributed by atoms with van der Waals surface area (Å²) in [6.07, 6.45) is 10.9. The zero-order valence-electron chi connectivity index (χ0n) is 26.1. The lowest BCUT2D eigenvalue weighted by Crippen LogP contribution is -1.80. The fourth-order valence-corrected chi connectivity index (χ4v) is 10.9. The van der Waals surface area contributed by atoms with E-state index < -0.39 is 0 Å². The molecule has 0 saturated heterocycles. The highest BCUT2D eigenvalue weighted by Crippen LogP contribution is 2.45. The first kappa shape index (κ1) is 31.3. The molecule has 0 saturated carbocycles. The number of rotatable bonds is 12. The Morgan fingerprint density at radius 1 is 0.413 bits per heavy atom. The summed E-state index contributed by atoms with van der Waals surface area (Å²) in [5.41, 5.74) is 5.00. The monoisotopic (exact) mass is 688 g/mol. The molecule has 230 valence electrons. The van der Waals surface area contributed by atoms with Crippen LogP contribution < -0.4 is 0 Å². The van der Waals surface area contributed by atoms with E-state index in [-0.39, 0.29) is 0 Å². The third kappa shape index (κ3) is 7.46. The van der Waals surface area contributed by atoms with Crippen molar-refractivity contribution in [3.63, 3.8) is 0 Å². The number of hydrogen-bond donors (Lipinski definition) is 0. The Hall–Kier alpha value is -3.32. The third-order valence-corrected chi connectivity index (χ3v) is 14.4.